The van der Waals surface area contributed by atoms with Crippen molar-refractivity contribution in [3.8, 4) is 23.3 Å². The summed E-state index contributed by atoms with van der Waals surface area (Å²) in [5.74, 6) is 0.0363. The Morgan fingerprint density at radius 2 is 1.97 bits per heavy atom. The molecular formula is C20H18F3N5O3S. The maximum Gasteiger partial charge on any atom is 0.433 e. The number of nitriles is 1. The van der Waals surface area contributed by atoms with Gasteiger partial charge in [0.15, 0.2) is 15.7 Å². The van der Waals surface area contributed by atoms with Crippen molar-refractivity contribution in [3.05, 3.63) is 30.2 Å². The number of rotatable bonds is 6. The van der Waals surface area contributed by atoms with Crippen LogP contribution in [0.15, 0.2) is 29.4 Å². The highest BCUT2D eigenvalue weighted by molar-refractivity contribution is 7.91. The smallest absolute Gasteiger partial charge is 0.433 e. The van der Waals surface area contributed by atoms with Crippen LogP contribution in [-0.4, -0.2) is 40.3 Å². The molecule has 4 rings (SSSR count). The third-order valence-electron chi connectivity index (χ3n) is 5.42. The van der Waals surface area contributed by atoms with Crippen LogP contribution in [0.5, 0.6) is 5.75 Å². The van der Waals surface area contributed by atoms with Gasteiger partial charge in [-0.3, -0.25) is 0 Å². The molecular weight excluding hydrogens is 447 g/mol. The van der Waals surface area contributed by atoms with Crippen molar-refractivity contribution in [1.29, 1.82) is 5.26 Å². The lowest BCUT2D eigenvalue weighted by Gasteiger charge is -2.13. The van der Waals surface area contributed by atoms with Crippen molar-refractivity contribution < 1.29 is 26.3 Å². The fourth-order valence-corrected chi connectivity index (χ4v) is 4.23. The Balaban J connectivity index is 1.81. The van der Waals surface area contributed by atoms with Crippen molar-refractivity contribution in [2.24, 2.45) is 12.5 Å². The van der Waals surface area contributed by atoms with E-state index in [1.54, 1.807) is 0 Å². The predicted octanol–water partition coefficient (Wildman–Crippen LogP) is 3.53. The van der Waals surface area contributed by atoms with Crippen molar-refractivity contribution >= 4 is 20.9 Å². The molecule has 0 spiro atoms. The number of hydrogen-bond donors (Lipinski definition) is 0. The van der Waals surface area contributed by atoms with Crippen LogP contribution >= 0.6 is 0 Å². The van der Waals surface area contributed by atoms with Crippen LogP contribution < -0.4 is 4.74 Å². The average molecular weight is 465 g/mol. The maximum absolute atomic E-state index is 13.0. The number of hydrogen-bond acceptors (Lipinski definition) is 7. The van der Waals surface area contributed by atoms with Gasteiger partial charge < -0.3 is 9.30 Å². The van der Waals surface area contributed by atoms with E-state index >= 15 is 0 Å². The number of halogens is 3. The largest absolute Gasteiger partial charge is 0.490 e. The summed E-state index contributed by atoms with van der Waals surface area (Å²) < 4.78 is 71.7. The predicted molar refractivity (Wildman–Crippen MR) is 107 cm³/mol. The van der Waals surface area contributed by atoms with E-state index in [0.29, 0.717) is 18.4 Å². The number of nitrogens with zero attached hydrogens (tertiary/aromatic N) is 5. The Morgan fingerprint density at radius 3 is 2.56 bits per heavy atom. The number of fused-ring (bicyclic) bond motifs is 1. The van der Waals surface area contributed by atoms with Gasteiger partial charge in [0.25, 0.3) is 0 Å². The summed E-state index contributed by atoms with van der Waals surface area (Å²) in [6.45, 7) is 1.59. The molecule has 1 saturated carbocycles. The normalized spacial score (nSPS) is 15.5. The Hall–Kier alpha value is -3.20. The van der Waals surface area contributed by atoms with Crippen LogP contribution in [0, 0.1) is 16.7 Å². The van der Waals surface area contributed by atoms with E-state index < -0.39 is 27.1 Å². The molecule has 1 aliphatic rings. The number of pyridine rings is 2. The molecule has 0 amide bonds. The van der Waals surface area contributed by atoms with Gasteiger partial charge in [-0.25, -0.2) is 23.4 Å². The lowest BCUT2D eigenvalue weighted by atomic mass is 10.1. The Bertz CT molecular complexity index is 1360. The van der Waals surface area contributed by atoms with Crippen LogP contribution in [0.1, 0.15) is 25.5 Å². The average Bonchev–Trinajstić information content (AvgIpc) is 3.48. The minimum atomic E-state index is -4.64. The van der Waals surface area contributed by atoms with Crippen molar-refractivity contribution in [1.82, 2.24) is 19.5 Å². The maximum atomic E-state index is 13.0. The van der Waals surface area contributed by atoms with Gasteiger partial charge in [0, 0.05) is 13.1 Å². The second kappa shape index (κ2) is 7.44. The van der Waals surface area contributed by atoms with E-state index in [9.17, 15) is 26.9 Å². The van der Waals surface area contributed by atoms with Crippen LogP contribution in [0.25, 0.3) is 22.6 Å². The van der Waals surface area contributed by atoms with Crippen LogP contribution in [-0.2, 0) is 23.1 Å². The second-order valence-electron chi connectivity index (χ2n) is 7.65. The van der Waals surface area contributed by atoms with Crippen LogP contribution in [0.4, 0.5) is 13.2 Å². The van der Waals surface area contributed by atoms with Gasteiger partial charge in [-0.2, -0.15) is 18.4 Å². The molecule has 0 N–H and O–H groups in total. The molecule has 32 heavy (non-hydrogen) atoms. The summed E-state index contributed by atoms with van der Waals surface area (Å²) in [6.07, 6.45) is -0.860. The van der Waals surface area contributed by atoms with Gasteiger partial charge in [-0.1, -0.05) is 6.92 Å². The minimum absolute atomic E-state index is 0.00660. The third-order valence-corrected chi connectivity index (χ3v) is 7.16. The van der Waals surface area contributed by atoms with E-state index in [1.807, 2.05) is 0 Å². The summed E-state index contributed by atoms with van der Waals surface area (Å²) in [5, 5.41) is 9.19. The summed E-state index contributed by atoms with van der Waals surface area (Å²) in [4.78, 5) is 11.7. The molecule has 12 heteroatoms. The van der Waals surface area contributed by atoms with E-state index in [1.165, 1.54) is 30.8 Å². The number of aryl methyl sites for hydroxylation is 1. The van der Waals surface area contributed by atoms with Gasteiger partial charge in [-0.05, 0) is 18.9 Å². The summed E-state index contributed by atoms with van der Waals surface area (Å²) in [5.41, 5.74) is -1.36. The van der Waals surface area contributed by atoms with E-state index in [0.717, 1.165) is 12.3 Å². The minimum Gasteiger partial charge on any atom is -0.490 e. The number of ether oxygens (including phenoxy) is 1. The Labute approximate surface area is 181 Å². The molecule has 8 nitrogen and oxygen atoms in total. The number of alkyl halides is 3. The first kappa shape index (κ1) is 22.0. The number of sulfone groups is 1. The molecule has 3 aromatic heterocycles. The highest BCUT2D eigenvalue weighted by Crippen LogP contribution is 2.45. The highest BCUT2D eigenvalue weighted by Gasteiger charge is 2.44. The molecule has 0 unspecified atom stereocenters. The zero-order valence-corrected chi connectivity index (χ0v) is 18.0. The fraction of sp³-hybridized carbons (Fsp3) is 0.400. The van der Waals surface area contributed by atoms with E-state index in [4.69, 9.17) is 4.74 Å². The molecule has 3 heterocycles. The molecule has 1 fully saturated rings. The molecule has 0 radical (unpaired) electrons. The van der Waals surface area contributed by atoms with E-state index in [2.05, 4.69) is 21.0 Å². The topological polar surface area (TPSA) is 111 Å². The van der Waals surface area contributed by atoms with Crippen LogP contribution in [0.3, 0.4) is 0 Å². The Morgan fingerprint density at radius 1 is 1.25 bits per heavy atom. The summed E-state index contributed by atoms with van der Waals surface area (Å²) in [7, 11) is -2.25. The number of imidazole rings is 1. The lowest BCUT2D eigenvalue weighted by molar-refractivity contribution is -0.141. The summed E-state index contributed by atoms with van der Waals surface area (Å²) >= 11 is 0. The Kier molecular flexibility index (Phi) is 5.12. The van der Waals surface area contributed by atoms with Gasteiger partial charge in [-0.15, -0.1) is 0 Å². The fourth-order valence-electron chi connectivity index (χ4n) is 3.18. The van der Waals surface area contributed by atoms with Gasteiger partial charge in [0.1, 0.15) is 28.6 Å². The standard InChI is InChI=1S/C20H18F3N5O3S/c1-3-32(29,30)15-6-12(31-11-19(10-24)4-5-19)8-26-17(15)18-27-13-7-16(20(21,22)23)25-9-14(13)28(18)2/h6-9H,3-5,11H2,1-2H3. The van der Waals surface area contributed by atoms with Crippen molar-refractivity contribution in [3.63, 3.8) is 0 Å². The lowest BCUT2D eigenvalue weighted by Crippen LogP contribution is -2.13. The molecule has 1 aliphatic carbocycles. The highest BCUT2D eigenvalue weighted by atomic mass is 32.2. The molecule has 0 aromatic carbocycles. The SMILES string of the molecule is CCS(=O)(=O)c1cc(OCC2(C#N)CC2)cnc1-c1nc2cc(C(F)(F)F)ncc2n1C. The molecule has 168 valence electrons. The first-order chi connectivity index (χ1) is 15.0. The van der Waals surface area contributed by atoms with Gasteiger partial charge in [0.2, 0.25) is 0 Å². The zero-order valence-electron chi connectivity index (χ0n) is 17.1. The van der Waals surface area contributed by atoms with Gasteiger partial charge in [0.05, 0.1) is 40.7 Å². The second-order valence-corrected chi connectivity index (χ2v) is 9.90. The molecule has 0 atom stereocenters. The van der Waals surface area contributed by atoms with Gasteiger partial charge >= 0.3 is 6.18 Å². The first-order valence-corrected chi connectivity index (χ1v) is 11.3. The molecule has 3 aromatic rings. The summed E-state index contributed by atoms with van der Waals surface area (Å²) in [6, 6.07) is 4.31. The zero-order chi connectivity index (χ0) is 23.3. The van der Waals surface area contributed by atoms with Crippen molar-refractivity contribution in [2.75, 3.05) is 12.4 Å². The third kappa shape index (κ3) is 3.88. The first-order valence-electron chi connectivity index (χ1n) is 9.66. The van der Waals surface area contributed by atoms with Crippen molar-refractivity contribution in [2.45, 2.75) is 30.8 Å². The monoisotopic (exact) mass is 465 g/mol. The molecule has 0 aliphatic heterocycles. The quantitative estimate of drug-likeness (QED) is 0.548. The molecule has 0 saturated heterocycles. The number of aromatic nitrogens is 4. The van der Waals surface area contributed by atoms with E-state index in [-0.39, 0.29) is 40.0 Å². The van der Waals surface area contributed by atoms with Crippen LogP contribution in [0.2, 0.25) is 0 Å². The molecule has 0 bridgehead atoms.